The number of ether oxygens (including phenoxy) is 1. The molecule has 134 valence electrons. The number of aryl methyl sites for hydroxylation is 2. The number of unbranched alkanes of at least 4 members (excludes halogenated alkanes) is 1. The highest BCUT2D eigenvalue weighted by Gasteiger charge is 2.23. The summed E-state index contributed by atoms with van der Waals surface area (Å²) < 4.78 is 11.6. The summed E-state index contributed by atoms with van der Waals surface area (Å²) in [6.07, 6.45) is 3.04. The Morgan fingerprint density at radius 1 is 1.15 bits per heavy atom. The van der Waals surface area contributed by atoms with E-state index in [2.05, 4.69) is 30.9 Å². The quantitative estimate of drug-likeness (QED) is 0.635. The van der Waals surface area contributed by atoms with Gasteiger partial charge in [-0.1, -0.05) is 31.5 Å². The Labute approximate surface area is 153 Å². The molecule has 0 saturated heterocycles. The van der Waals surface area contributed by atoms with E-state index in [1.54, 1.807) is 6.07 Å². The molecule has 0 amide bonds. The van der Waals surface area contributed by atoms with Gasteiger partial charge in [-0.3, -0.25) is 0 Å². The maximum atomic E-state index is 12.1. The van der Waals surface area contributed by atoms with E-state index in [4.69, 9.17) is 9.15 Å². The number of hydrogen-bond donors (Lipinski definition) is 0. The highest BCUT2D eigenvalue weighted by molar-refractivity contribution is 5.85. The Balaban J connectivity index is 1.81. The van der Waals surface area contributed by atoms with Crippen LogP contribution in [0.2, 0.25) is 0 Å². The molecule has 0 aliphatic carbocycles. The molecule has 0 atom stereocenters. The largest absolute Gasteiger partial charge is 0.473 e. The topological polar surface area (TPSA) is 42.7 Å². The van der Waals surface area contributed by atoms with Gasteiger partial charge in [0.05, 0.1) is 12.1 Å². The van der Waals surface area contributed by atoms with Crippen molar-refractivity contribution in [1.82, 2.24) is 0 Å². The first-order valence-corrected chi connectivity index (χ1v) is 9.19. The molecular weight excluding hydrogens is 326 g/mol. The zero-order valence-electron chi connectivity index (χ0n) is 15.2. The van der Waals surface area contributed by atoms with Gasteiger partial charge in [-0.2, -0.15) is 0 Å². The SMILES string of the molecule is CCCCc1cc(=O)oc2c3c(ccc12)OCN(c1ccccc1C)C3. The molecule has 2 aromatic carbocycles. The lowest BCUT2D eigenvalue weighted by Gasteiger charge is -2.32. The van der Waals surface area contributed by atoms with Crippen LogP contribution in [0.5, 0.6) is 5.75 Å². The van der Waals surface area contributed by atoms with Crippen LogP contribution in [0.25, 0.3) is 11.0 Å². The molecule has 0 fully saturated rings. The number of nitrogens with zero attached hydrogens (tertiary/aromatic N) is 1. The predicted octanol–water partition coefficient (Wildman–Crippen LogP) is 4.80. The Morgan fingerprint density at radius 3 is 2.81 bits per heavy atom. The third-order valence-corrected chi connectivity index (χ3v) is 5.04. The first-order valence-electron chi connectivity index (χ1n) is 9.19. The molecule has 2 heterocycles. The number of para-hydroxylation sites is 1. The lowest BCUT2D eigenvalue weighted by Crippen LogP contribution is -2.32. The van der Waals surface area contributed by atoms with E-state index < -0.39 is 0 Å². The van der Waals surface area contributed by atoms with Crippen LogP contribution < -0.4 is 15.3 Å². The minimum Gasteiger partial charge on any atom is -0.473 e. The van der Waals surface area contributed by atoms with Gasteiger partial charge >= 0.3 is 5.63 Å². The molecule has 0 bridgehead atoms. The molecule has 4 nitrogen and oxygen atoms in total. The Hall–Kier alpha value is -2.75. The van der Waals surface area contributed by atoms with Crippen LogP contribution in [0.4, 0.5) is 5.69 Å². The van der Waals surface area contributed by atoms with Crippen LogP contribution >= 0.6 is 0 Å². The van der Waals surface area contributed by atoms with E-state index >= 15 is 0 Å². The molecular formula is C22H23NO3. The molecule has 3 aromatic rings. The number of benzene rings is 2. The van der Waals surface area contributed by atoms with Crippen LogP contribution in [-0.2, 0) is 13.0 Å². The summed E-state index contributed by atoms with van der Waals surface area (Å²) in [5.74, 6) is 0.804. The van der Waals surface area contributed by atoms with Crippen molar-refractivity contribution in [3.05, 3.63) is 69.6 Å². The van der Waals surface area contributed by atoms with Crippen LogP contribution in [0.15, 0.2) is 51.7 Å². The van der Waals surface area contributed by atoms with Crippen LogP contribution in [0.3, 0.4) is 0 Å². The molecule has 0 radical (unpaired) electrons. The fourth-order valence-electron chi connectivity index (χ4n) is 3.65. The first kappa shape index (κ1) is 16.7. The molecule has 0 saturated carbocycles. The normalized spacial score (nSPS) is 13.5. The summed E-state index contributed by atoms with van der Waals surface area (Å²) in [5, 5.41) is 1.02. The van der Waals surface area contributed by atoms with Gasteiger partial charge in [0.25, 0.3) is 0 Å². The van der Waals surface area contributed by atoms with Crippen molar-refractivity contribution in [2.24, 2.45) is 0 Å². The second-order valence-corrected chi connectivity index (χ2v) is 6.87. The van der Waals surface area contributed by atoms with Gasteiger partial charge < -0.3 is 14.1 Å². The lowest BCUT2D eigenvalue weighted by molar-refractivity contribution is 0.289. The molecule has 0 unspecified atom stereocenters. The van der Waals surface area contributed by atoms with Crippen molar-refractivity contribution in [3.8, 4) is 5.75 Å². The van der Waals surface area contributed by atoms with Gasteiger partial charge in [0.2, 0.25) is 0 Å². The van der Waals surface area contributed by atoms with E-state index in [0.717, 1.165) is 47.2 Å². The monoisotopic (exact) mass is 349 g/mol. The summed E-state index contributed by atoms with van der Waals surface area (Å²) in [7, 11) is 0. The minimum atomic E-state index is -0.287. The standard InChI is InChI=1S/C22H23NO3/c1-3-4-8-16-12-21(24)26-22-17(16)10-11-20-18(22)13-23(14-25-20)19-9-6-5-7-15(19)2/h5-7,9-12H,3-4,8,13-14H2,1-2H3. The smallest absolute Gasteiger partial charge is 0.336 e. The molecule has 0 N–H and O–H groups in total. The molecule has 26 heavy (non-hydrogen) atoms. The van der Waals surface area contributed by atoms with Crippen LogP contribution in [-0.4, -0.2) is 6.73 Å². The number of rotatable bonds is 4. The highest BCUT2D eigenvalue weighted by Crippen LogP contribution is 2.35. The van der Waals surface area contributed by atoms with Gasteiger partial charge in [0.1, 0.15) is 11.3 Å². The van der Waals surface area contributed by atoms with Gasteiger partial charge in [0.15, 0.2) is 6.73 Å². The minimum absolute atomic E-state index is 0.287. The number of anilines is 1. The van der Waals surface area contributed by atoms with E-state index in [1.807, 2.05) is 24.3 Å². The second kappa shape index (κ2) is 6.87. The predicted molar refractivity (Wildman–Crippen MR) is 104 cm³/mol. The molecule has 1 aliphatic rings. The second-order valence-electron chi connectivity index (χ2n) is 6.87. The van der Waals surface area contributed by atoms with E-state index in [1.165, 1.54) is 5.56 Å². The van der Waals surface area contributed by atoms with E-state index in [0.29, 0.717) is 18.9 Å². The molecule has 0 spiro atoms. The fourth-order valence-corrected chi connectivity index (χ4v) is 3.65. The first-order chi connectivity index (χ1) is 12.7. The summed E-state index contributed by atoms with van der Waals surface area (Å²) in [6.45, 7) is 5.40. The average molecular weight is 349 g/mol. The summed E-state index contributed by atoms with van der Waals surface area (Å²) in [5.41, 5.74) is 4.73. The van der Waals surface area contributed by atoms with E-state index in [9.17, 15) is 4.79 Å². The lowest BCUT2D eigenvalue weighted by atomic mass is 10.0. The van der Waals surface area contributed by atoms with Gasteiger partial charge in [0, 0.05) is 17.1 Å². The van der Waals surface area contributed by atoms with Gasteiger partial charge in [-0.25, -0.2) is 4.79 Å². The van der Waals surface area contributed by atoms with Crippen molar-refractivity contribution >= 4 is 16.7 Å². The maximum absolute atomic E-state index is 12.1. The highest BCUT2D eigenvalue weighted by atomic mass is 16.5. The van der Waals surface area contributed by atoms with Crippen molar-refractivity contribution in [2.75, 3.05) is 11.6 Å². The third-order valence-electron chi connectivity index (χ3n) is 5.04. The molecule has 1 aliphatic heterocycles. The zero-order valence-corrected chi connectivity index (χ0v) is 15.2. The average Bonchev–Trinajstić information content (AvgIpc) is 2.66. The fraction of sp³-hybridized carbons (Fsp3) is 0.318. The number of hydrogen-bond acceptors (Lipinski definition) is 4. The Morgan fingerprint density at radius 2 is 2.00 bits per heavy atom. The van der Waals surface area contributed by atoms with Gasteiger partial charge in [-0.05, 0) is 49.1 Å². The Bertz CT molecular complexity index is 1010. The summed E-state index contributed by atoms with van der Waals surface area (Å²) in [6, 6.07) is 13.9. The Kier molecular flexibility index (Phi) is 4.41. The third kappa shape index (κ3) is 2.96. The van der Waals surface area contributed by atoms with Crippen molar-refractivity contribution < 1.29 is 9.15 Å². The van der Waals surface area contributed by atoms with Crippen LogP contribution in [0, 0.1) is 6.92 Å². The van der Waals surface area contributed by atoms with E-state index in [-0.39, 0.29) is 5.63 Å². The molecule has 4 rings (SSSR count). The van der Waals surface area contributed by atoms with Crippen molar-refractivity contribution in [2.45, 2.75) is 39.7 Å². The number of fused-ring (bicyclic) bond motifs is 3. The summed E-state index contributed by atoms with van der Waals surface area (Å²) in [4.78, 5) is 14.3. The molecule has 4 heteroatoms. The molecule has 1 aromatic heterocycles. The summed E-state index contributed by atoms with van der Waals surface area (Å²) >= 11 is 0. The zero-order chi connectivity index (χ0) is 18.1. The van der Waals surface area contributed by atoms with Gasteiger partial charge in [-0.15, -0.1) is 0 Å². The van der Waals surface area contributed by atoms with Crippen molar-refractivity contribution in [1.29, 1.82) is 0 Å². The maximum Gasteiger partial charge on any atom is 0.336 e. The van der Waals surface area contributed by atoms with Crippen LogP contribution in [0.1, 0.15) is 36.5 Å². The van der Waals surface area contributed by atoms with Crippen molar-refractivity contribution in [3.63, 3.8) is 0 Å².